The van der Waals surface area contributed by atoms with Crippen molar-refractivity contribution in [1.82, 2.24) is 10.2 Å². The predicted octanol–water partition coefficient (Wildman–Crippen LogP) is 2.31. The van der Waals surface area contributed by atoms with E-state index in [2.05, 4.69) is 18.8 Å². The second-order valence-electron chi connectivity index (χ2n) is 7.52. The third kappa shape index (κ3) is 4.06. The van der Waals surface area contributed by atoms with Crippen LogP contribution in [-0.2, 0) is 16.0 Å². The summed E-state index contributed by atoms with van der Waals surface area (Å²) in [4.78, 5) is 26.1. The summed E-state index contributed by atoms with van der Waals surface area (Å²) in [5, 5.41) is 2.85. The number of carbonyl (C=O) groups excluding carboxylic acids is 2. The molecule has 0 aliphatic carbocycles. The molecule has 0 aromatic heterocycles. The van der Waals surface area contributed by atoms with Gasteiger partial charge >= 0.3 is 0 Å². The van der Waals surface area contributed by atoms with E-state index >= 15 is 0 Å². The van der Waals surface area contributed by atoms with Crippen molar-refractivity contribution < 1.29 is 18.7 Å². The largest absolute Gasteiger partial charge is 0.492 e. The summed E-state index contributed by atoms with van der Waals surface area (Å²) in [5.74, 6) is -0.0836. The minimum Gasteiger partial charge on any atom is -0.492 e. The number of benzene rings is 1. The van der Waals surface area contributed by atoms with Crippen molar-refractivity contribution in [2.75, 3.05) is 26.2 Å². The minimum atomic E-state index is -0.326. The number of fused-ring (bicyclic) bond motifs is 1. The number of amides is 2. The molecule has 2 aliphatic rings. The maximum absolute atomic E-state index is 13.3. The highest BCUT2D eigenvalue weighted by Gasteiger charge is 2.35. The highest BCUT2D eigenvalue weighted by molar-refractivity contribution is 5.86. The van der Waals surface area contributed by atoms with Crippen LogP contribution in [0.2, 0.25) is 0 Å². The molecule has 2 heterocycles. The molecule has 1 unspecified atom stereocenters. The van der Waals surface area contributed by atoms with Crippen molar-refractivity contribution in [2.24, 2.45) is 11.3 Å². The van der Waals surface area contributed by atoms with Gasteiger partial charge in [0, 0.05) is 25.7 Å². The van der Waals surface area contributed by atoms with Gasteiger partial charge in [-0.2, -0.15) is 0 Å². The van der Waals surface area contributed by atoms with Crippen molar-refractivity contribution in [3.8, 4) is 5.75 Å². The highest BCUT2D eigenvalue weighted by Crippen LogP contribution is 2.33. The standard InChI is InChI=1S/C20H25FN2O3/c1-3-18(24)22-13-20(2)6-8-23(9-7-20)19(25)15-10-14-4-5-16(21)11-17(14)26-12-15/h3-5,11,15H,1,6-10,12-13H2,2H3,(H,22,24). The normalized spacial score (nSPS) is 21.3. The van der Waals surface area contributed by atoms with Gasteiger partial charge in [0.25, 0.3) is 0 Å². The molecule has 5 nitrogen and oxygen atoms in total. The summed E-state index contributed by atoms with van der Waals surface area (Å²) in [5.41, 5.74) is 0.868. The lowest BCUT2D eigenvalue weighted by atomic mass is 9.80. The highest BCUT2D eigenvalue weighted by atomic mass is 19.1. The average molecular weight is 360 g/mol. The van der Waals surface area contributed by atoms with Crippen molar-refractivity contribution in [1.29, 1.82) is 0 Å². The quantitative estimate of drug-likeness (QED) is 0.839. The fourth-order valence-electron chi connectivity index (χ4n) is 3.58. The summed E-state index contributed by atoms with van der Waals surface area (Å²) >= 11 is 0. The van der Waals surface area contributed by atoms with Crippen LogP contribution in [0, 0.1) is 17.2 Å². The van der Waals surface area contributed by atoms with E-state index in [1.165, 1.54) is 18.2 Å². The summed E-state index contributed by atoms with van der Waals surface area (Å²) < 4.78 is 18.9. The summed E-state index contributed by atoms with van der Waals surface area (Å²) in [6.07, 6.45) is 3.53. The fraction of sp³-hybridized carbons (Fsp3) is 0.500. The van der Waals surface area contributed by atoms with Crippen LogP contribution in [0.4, 0.5) is 4.39 Å². The first kappa shape index (κ1) is 18.4. The van der Waals surface area contributed by atoms with Gasteiger partial charge in [0.15, 0.2) is 0 Å². The number of carbonyl (C=O) groups is 2. The van der Waals surface area contributed by atoms with Gasteiger partial charge in [-0.25, -0.2) is 4.39 Å². The van der Waals surface area contributed by atoms with Crippen LogP contribution in [0.1, 0.15) is 25.3 Å². The Kier molecular flexibility index (Phi) is 5.30. The number of piperidine rings is 1. The van der Waals surface area contributed by atoms with Crippen LogP contribution in [-0.4, -0.2) is 43.0 Å². The lowest BCUT2D eigenvalue weighted by molar-refractivity contribution is -0.139. The van der Waals surface area contributed by atoms with Gasteiger partial charge in [-0.1, -0.05) is 19.6 Å². The molecule has 0 saturated carbocycles. The Morgan fingerprint density at radius 2 is 2.15 bits per heavy atom. The van der Waals surface area contributed by atoms with Crippen molar-refractivity contribution >= 4 is 11.8 Å². The van der Waals surface area contributed by atoms with E-state index in [0.717, 1.165) is 18.4 Å². The lowest BCUT2D eigenvalue weighted by Gasteiger charge is -2.41. The fourth-order valence-corrected chi connectivity index (χ4v) is 3.58. The van der Waals surface area contributed by atoms with Crippen LogP contribution in [0.5, 0.6) is 5.75 Å². The number of hydrogen-bond donors (Lipinski definition) is 1. The SMILES string of the molecule is C=CC(=O)NCC1(C)CCN(C(=O)C2COc3cc(F)ccc3C2)CC1. The summed E-state index contributed by atoms with van der Waals surface area (Å²) in [6, 6.07) is 4.47. The number of rotatable bonds is 4. The maximum atomic E-state index is 13.3. The van der Waals surface area contributed by atoms with E-state index in [4.69, 9.17) is 4.74 Å². The van der Waals surface area contributed by atoms with Crippen LogP contribution in [0.25, 0.3) is 0 Å². The molecule has 6 heteroatoms. The second-order valence-corrected chi connectivity index (χ2v) is 7.52. The number of hydrogen-bond acceptors (Lipinski definition) is 3. The van der Waals surface area contributed by atoms with Crippen LogP contribution in [0.15, 0.2) is 30.9 Å². The molecule has 1 saturated heterocycles. The molecule has 0 bridgehead atoms. The van der Waals surface area contributed by atoms with Crippen LogP contribution >= 0.6 is 0 Å². The first-order valence-corrected chi connectivity index (χ1v) is 9.00. The molecular weight excluding hydrogens is 335 g/mol. The Balaban J connectivity index is 1.55. The molecule has 1 atom stereocenters. The third-order valence-electron chi connectivity index (χ3n) is 5.44. The topological polar surface area (TPSA) is 58.6 Å². The van der Waals surface area contributed by atoms with E-state index < -0.39 is 0 Å². The Hall–Kier alpha value is -2.37. The Morgan fingerprint density at radius 3 is 2.85 bits per heavy atom. The molecule has 1 N–H and O–H groups in total. The Morgan fingerprint density at radius 1 is 1.42 bits per heavy atom. The van der Waals surface area contributed by atoms with Gasteiger partial charge in [0.1, 0.15) is 18.2 Å². The third-order valence-corrected chi connectivity index (χ3v) is 5.44. The van der Waals surface area contributed by atoms with Crippen molar-refractivity contribution in [2.45, 2.75) is 26.2 Å². The molecule has 1 aromatic rings. The van der Waals surface area contributed by atoms with Gasteiger partial charge in [-0.3, -0.25) is 9.59 Å². The average Bonchev–Trinajstić information content (AvgIpc) is 2.65. The van der Waals surface area contributed by atoms with Crippen LogP contribution in [0.3, 0.4) is 0 Å². The molecule has 1 aromatic carbocycles. The molecular formula is C20H25FN2O3. The van der Waals surface area contributed by atoms with Gasteiger partial charge in [0.05, 0.1) is 5.92 Å². The van der Waals surface area contributed by atoms with Crippen molar-refractivity contribution in [3.05, 3.63) is 42.2 Å². The van der Waals surface area contributed by atoms with E-state index in [1.54, 1.807) is 6.07 Å². The zero-order chi connectivity index (χ0) is 18.7. The number of nitrogens with zero attached hydrogens (tertiary/aromatic N) is 1. The molecule has 2 amide bonds. The molecule has 2 aliphatic heterocycles. The maximum Gasteiger partial charge on any atom is 0.243 e. The molecule has 26 heavy (non-hydrogen) atoms. The monoisotopic (exact) mass is 360 g/mol. The first-order valence-electron chi connectivity index (χ1n) is 9.00. The smallest absolute Gasteiger partial charge is 0.243 e. The van der Waals surface area contributed by atoms with E-state index in [0.29, 0.717) is 38.4 Å². The van der Waals surface area contributed by atoms with Gasteiger partial charge < -0.3 is 15.0 Å². The van der Waals surface area contributed by atoms with Crippen molar-refractivity contribution in [3.63, 3.8) is 0 Å². The van der Waals surface area contributed by atoms with Gasteiger partial charge in [0.2, 0.25) is 11.8 Å². The lowest BCUT2D eigenvalue weighted by Crippen LogP contribution is -2.49. The molecule has 0 radical (unpaired) electrons. The summed E-state index contributed by atoms with van der Waals surface area (Å²) in [6.45, 7) is 7.81. The van der Waals surface area contributed by atoms with Gasteiger partial charge in [-0.15, -0.1) is 0 Å². The number of ether oxygens (including phenoxy) is 1. The number of nitrogens with one attached hydrogen (secondary N) is 1. The zero-order valence-electron chi connectivity index (χ0n) is 15.1. The number of likely N-dealkylation sites (tertiary alicyclic amines) is 1. The van der Waals surface area contributed by atoms with E-state index in [-0.39, 0.29) is 29.0 Å². The van der Waals surface area contributed by atoms with Gasteiger partial charge in [-0.05, 0) is 42.4 Å². The Labute approximate surface area is 153 Å². The van der Waals surface area contributed by atoms with E-state index in [9.17, 15) is 14.0 Å². The van der Waals surface area contributed by atoms with Crippen LogP contribution < -0.4 is 10.1 Å². The second kappa shape index (κ2) is 7.48. The predicted molar refractivity (Wildman–Crippen MR) is 96.2 cm³/mol. The minimum absolute atomic E-state index is 0.0113. The molecule has 0 spiro atoms. The summed E-state index contributed by atoms with van der Waals surface area (Å²) in [7, 11) is 0. The molecule has 140 valence electrons. The number of halogens is 1. The Bertz CT molecular complexity index is 711. The molecule has 3 rings (SSSR count). The first-order chi connectivity index (χ1) is 12.4. The zero-order valence-corrected chi connectivity index (χ0v) is 15.1. The molecule has 1 fully saturated rings. The van der Waals surface area contributed by atoms with E-state index in [1.807, 2.05) is 4.90 Å².